The van der Waals surface area contributed by atoms with Crippen molar-refractivity contribution in [3.63, 3.8) is 0 Å². The topological polar surface area (TPSA) is 81.1 Å². The van der Waals surface area contributed by atoms with Gasteiger partial charge in [0.25, 0.3) is 0 Å². The molecule has 0 bridgehead atoms. The molecule has 0 aliphatic rings. The molecule has 6 nitrogen and oxygen atoms in total. The zero-order chi connectivity index (χ0) is 14.6. The standard InChI is InChI=1S/C14H20N6.HI/c1-14(2,3)19-13(15)18-9-11-4-5-12(17-8-11)20-7-6-16-10-20;/h4-8,10H,9H2,1-3H3,(H3,15,18,19);1H. The molecule has 2 aromatic rings. The van der Waals surface area contributed by atoms with E-state index in [4.69, 9.17) is 5.73 Å². The molecule has 114 valence electrons. The second-order valence-corrected chi connectivity index (χ2v) is 5.57. The van der Waals surface area contributed by atoms with Crippen molar-refractivity contribution in [3.8, 4) is 5.82 Å². The van der Waals surface area contributed by atoms with Gasteiger partial charge in [-0.25, -0.2) is 15.0 Å². The Balaban J connectivity index is 0.00000220. The van der Waals surface area contributed by atoms with Crippen LogP contribution in [0.2, 0.25) is 0 Å². The predicted octanol–water partition coefficient (Wildman–Crippen LogP) is 2.09. The number of nitrogens with two attached hydrogens (primary N) is 1. The molecule has 0 radical (unpaired) electrons. The minimum absolute atomic E-state index is 0. The van der Waals surface area contributed by atoms with E-state index >= 15 is 0 Å². The fourth-order valence-corrected chi connectivity index (χ4v) is 1.66. The lowest BCUT2D eigenvalue weighted by molar-refractivity contribution is 0.508. The van der Waals surface area contributed by atoms with Crippen LogP contribution < -0.4 is 11.1 Å². The first-order chi connectivity index (χ1) is 9.44. The van der Waals surface area contributed by atoms with Crippen LogP contribution in [0, 0.1) is 0 Å². The van der Waals surface area contributed by atoms with Crippen LogP contribution in [0.15, 0.2) is 42.0 Å². The summed E-state index contributed by atoms with van der Waals surface area (Å²) in [5.41, 5.74) is 6.74. The lowest BCUT2D eigenvalue weighted by Gasteiger charge is -2.20. The van der Waals surface area contributed by atoms with Crippen LogP contribution in [0.5, 0.6) is 0 Å². The van der Waals surface area contributed by atoms with E-state index in [1.165, 1.54) is 0 Å². The first-order valence-electron chi connectivity index (χ1n) is 6.45. The highest BCUT2D eigenvalue weighted by molar-refractivity contribution is 14.0. The summed E-state index contributed by atoms with van der Waals surface area (Å²) in [6.07, 6.45) is 7.08. The third-order valence-electron chi connectivity index (χ3n) is 2.51. The maximum absolute atomic E-state index is 5.82. The van der Waals surface area contributed by atoms with Crippen LogP contribution in [0.3, 0.4) is 0 Å². The Morgan fingerprint density at radius 1 is 1.38 bits per heavy atom. The van der Waals surface area contributed by atoms with E-state index in [0.717, 1.165) is 11.4 Å². The number of guanidine groups is 1. The molecule has 0 amide bonds. The molecule has 0 aromatic carbocycles. The Hall–Kier alpha value is -1.64. The molecule has 2 heterocycles. The molecule has 0 aliphatic carbocycles. The van der Waals surface area contributed by atoms with Gasteiger partial charge in [0.05, 0.1) is 6.54 Å². The second-order valence-electron chi connectivity index (χ2n) is 5.57. The van der Waals surface area contributed by atoms with E-state index in [0.29, 0.717) is 12.5 Å². The maximum Gasteiger partial charge on any atom is 0.189 e. The zero-order valence-corrected chi connectivity index (χ0v) is 14.8. The number of imidazole rings is 1. The van der Waals surface area contributed by atoms with Gasteiger partial charge in [0.15, 0.2) is 5.96 Å². The molecule has 2 rings (SSSR count). The Morgan fingerprint density at radius 3 is 2.67 bits per heavy atom. The Labute approximate surface area is 141 Å². The van der Waals surface area contributed by atoms with Crippen molar-refractivity contribution >= 4 is 29.9 Å². The van der Waals surface area contributed by atoms with E-state index in [1.54, 1.807) is 18.7 Å². The molecule has 0 fully saturated rings. The highest BCUT2D eigenvalue weighted by Gasteiger charge is 2.09. The Morgan fingerprint density at radius 2 is 2.14 bits per heavy atom. The van der Waals surface area contributed by atoms with Gasteiger partial charge in [0.1, 0.15) is 12.1 Å². The SMILES string of the molecule is CC(C)(C)NC(N)=NCc1ccc(-n2ccnc2)nc1.I. The molecule has 0 saturated carbocycles. The lowest BCUT2D eigenvalue weighted by Crippen LogP contribution is -2.44. The number of nitrogens with one attached hydrogen (secondary N) is 1. The smallest absolute Gasteiger partial charge is 0.189 e. The molecule has 0 atom stereocenters. The van der Waals surface area contributed by atoms with E-state index in [9.17, 15) is 0 Å². The highest BCUT2D eigenvalue weighted by atomic mass is 127. The predicted molar refractivity (Wildman–Crippen MR) is 95.0 cm³/mol. The minimum atomic E-state index is -0.0862. The molecule has 7 heteroatoms. The van der Waals surface area contributed by atoms with Crippen molar-refractivity contribution in [2.75, 3.05) is 0 Å². The van der Waals surface area contributed by atoms with Crippen molar-refractivity contribution in [1.82, 2.24) is 19.9 Å². The van der Waals surface area contributed by atoms with E-state index in [2.05, 4.69) is 20.3 Å². The fraction of sp³-hybridized carbons (Fsp3) is 0.357. The number of pyridine rings is 1. The van der Waals surface area contributed by atoms with Crippen molar-refractivity contribution in [2.24, 2.45) is 10.7 Å². The van der Waals surface area contributed by atoms with Gasteiger partial charge >= 0.3 is 0 Å². The number of rotatable bonds is 3. The van der Waals surface area contributed by atoms with Crippen LogP contribution in [0.25, 0.3) is 5.82 Å². The third kappa shape index (κ3) is 5.70. The van der Waals surface area contributed by atoms with Crippen molar-refractivity contribution in [3.05, 3.63) is 42.6 Å². The van der Waals surface area contributed by atoms with Gasteiger partial charge in [-0.1, -0.05) is 6.07 Å². The lowest BCUT2D eigenvalue weighted by atomic mass is 10.1. The summed E-state index contributed by atoms with van der Waals surface area (Å²) < 4.78 is 1.85. The largest absolute Gasteiger partial charge is 0.370 e. The zero-order valence-electron chi connectivity index (χ0n) is 12.4. The van der Waals surface area contributed by atoms with Crippen LogP contribution >= 0.6 is 24.0 Å². The molecule has 0 spiro atoms. The first-order valence-corrected chi connectivity index (χ1v) is 6.45. The second kappa shape index (κ2) is 7.39. The Bertz CT molecular complexity index is 569. The number of hydrogen-bond acceptors (Lipinski definition) is 3. The molecular formula is C14H21IN6. The molecule has 0 aliphatic heterocycles. The summed E-state index contributed by atoms with van der Waals surface area (Å²) in [7, 11) is 0. The summed E-state index contributed by atoms with van der Waals surface area (Å²) in [5, 5.41) is 3.12. The van der Waals surface area contributed by atoms with Gasteiger partial charge in [-0.05, 0) is 32.4 Å². The molecule has 21 heavy (non-hydrogen) atoms. The van der Waals surface area contributed by atoms with E-state index < -0.39 is 0 Å². The van der Waals surface area contributed by atoms with Crippen LogP contribution in [0.4, 0.5) is 0 Å². The quantitative estimate of drug-likeness (QED) is 0.470. The van der Waals surface area contributed by atoms with Gasteiger partial charge in [0, 0.05) is 24.1 Å². The van der Waals surface area contributed by atoms with Crippen LogP contribution in [-0.2, 0) is 6.54 Å². The van der Waals surface area contributed by atoms with Gasteiger partial charge in [-0.15, -0.1) is 24.0 Å². The summed E-state index contributed by atoms with van der Waals surface area (Å²) >= 11 is 0. The monoisotopic (exact) mass is 400 g/mol. The average Bonchev–Trinajstić information content (AvgIpc) is 2.89. The number of halogens is 1. The molecule has 2 aromatic heterocycles. The summed E-state index contributed by atoms with van der Waals surface area (Å²) in [5.74, 6) is 1.27. The summed E-state index contributed by atoms with van der Waals surface area (Å²) in [6.45, 7) is 6.62. The molecule has 0 saturated heterocycles. The number of aliphatic imine (C=N–C) groups is 1. The van der Waals surface area contributed by atoms with Gasteiger partial charge in [-0.3, -0.25) is 4.57 Å². The molecule has 3 N–H and O–H groups in total. The van der Waals surface area contributed by atoms with Crippen molar-refractivity contribution in [2.45, 2.75) is 32.9 Å². The summed E-state index contributed by atoms with van der Waals surface area (Å²) in [4.78, 5) is 12.7. The van der Waals surface area contributed by atoms with Gasteiger partial charge < -0.3 is 11.1 Å². The normalized spacial score (nSPS) is 11.9. The van der Waals surface area contributed by atoms with Gasteiger partial charge in [0.2, 0.25) is 0 Å². The Kier molecular flexibility index (Phi) is 6.13. The molecule has 0 unspecified atom stereocenters. The minimum Gasteiger partial charge on any atom is -0.370 e. The van der Waals surface area contributed by atoms with E-state index in [1.807, 2.05) is 43.7 Å². The van der Waals surface area contributed by atoms with Gasteiger partial charge in [-0.2, -0.15) is 0 Å². The third-order valence-corrected chi connectivity index (χ3v) is 2.51. The average molecular weight is 400 g/mol. The summed E-state index contributed by atoms with van der Waals surface area (Å²) in [6, 6.07) is 3.91. The first kappa shape index (κ1) is 17.4. The van der Waals surface area contributed by atoms with E-state index in [-0.39, 0.29) is 29.5 Å². The number of nitrogens with zero attached hydrogens (tertiary/aromatic N) is 4. The fourth-order valence-electron chi connectivity index (χ4n) is 1.66. The number of hydrogen-bond donors (Lipinski definition) is 2. The maximum atomic E-state index is 5.82. The van der Waals surface area contributed by atoms with Crippen molar-refractivity contribution < 1.29 is 0 Å². The molecular weight excluding hydrogens is 379 g/mol. The number of aromatic nitrogens is 3. The van der Waals surface area contributed by atoms with Crippen LogP contribution in [-0.4, -0.2) is 26.0 Å². The highest BCUT2D eigenvalue weighted by Crippen LogP contribution is 2.06. The van der Waals surface area contributed by atoms with Crippen molar-refractivity contribution in [1.29, 1.82) is 0 Å². The van der Waals surface area contributed by atoms with Crippen LogP contribution in [0.1, 0.15) is 26.3 Å².